The minimum atomic E-state index is 0.609. The number of hydrogen-bond donors (Lipinski definition) is 1. The highest BCUT2D eigenvalue weighted by Crippen LogP contribution is 2.04. The van der Waals surface area contributed by atoms with E-state index < -0.39 is 0 Å². The number of rotatable bonds is 7. The van der Waals surface area contributed by atoms with E-state index in [-0.39, 0.29) is 0 Å². The zero-order valence-electron chi connectivity index (χ0n) is 14.0. The predicted octanol–water partition coefficient (Wildman–Crippen LogP) is 2.36. The number of nitrogens with zero attached hydrogens (tertiary/aromatic N) is 1. The summed E-state index contributed by atoms with van der Waals surface area (Å²) in [6.45, 7) is 21.2. The highest BCUT2D eigenvalue weighted by atomic mass is 32.1. The van der Waals surface area contributed by atoms with Gasteiger partial charge in [0.2, 0.25) is 0 Å². The van der Waals surface area contributed by atoms with Crippen molar-refractivity contribution < 1.29 is 4.90 Å². The van der Waals surface area contributed by atoms with Gasteiger partial charge < -0.3 is 34.6 Å². The molecule has 0 spiro atoms. The van der Waals surface area contributed by atoms with Gasteiger partial charge in [-0.15, -0.1) is 0 Å². The van der Waals surface area contributed by atoms with Crippen LogP contribution in [0, 0.1) is 11.8 Å². The summed E-state index contributed by atoms with van der Waals surface area (Å²) in [7, 11) is 0. The fourth-order valence-electron chi connectivity index (χ4n) is 1.86. The highest BCUT2D eigenvalue weighted by molar-refractivity contribution is 8.00. The number of quaternary nitrogens is 1. The number of thiocarbonyl (C=S) groups is 1. The van der Waals surface area contributed by atoms with Crippen LogP contribution in [0.25, 0.3) is 0 Å². The molecule has 1 N–H and O–H groups in total. The van der Waals surface area contributed by atoms with E-state index in [1.165, 1.54) is 19.6 Å². The van der Waals surface area contributed by atoms with E-state index in [9.17, 15) is 0 Å². The molecule has 19 heavy (non-hydrogen) atoms. The van der Waals surface area contributed by atoms with Gasteiger partial charge in [0.25, 0.3) is 0 Å². The third kappa shape index (κ3) is 14.3. The first-order chi connectivity index (χ1) is 8.78. The summed E-state index contributed by atoms with van der Waals surface area (Å²) in [5.74, 6) is 1.26. The molecule has 116 valence electrons. The third-order valence-electron chi connectivity index (χ3n) is 2.93. The van der Waals surface area contributed by atoms with Crippen LogP contribution in [-0.2, 0) is 12.6 Å². The molecule has 0 bridgehead atoms. The maximum absolute atomic E-state index is 4.99. The van der Waals surface area contributed by atoms with Gasteiger partial charge in [-0.3, -0.25) is 0 Å². The normalized spacial score (nSPS) is 10.6. The van der Waals surface area contributed by atoms with Gasteiger partial charge in [0.05, 0.1) is 19.6 Å². The highest BCUT2D eigenvalue weighted by Gasteiger charge is 2.05. The lowest BCUT2D eigenvalue weighted by atomic mass is 10.1. The van der Waals surface area contributed by atoms with E-state index in [4.69, 9.17) is 24.8 Å². The summed E-state index contributed by atoms with van der Waals surface area (Å²) < 4.78 is 0.609. The molecule has 0 radical (unpaired) electrons. The van der Waals surface area contributed by atoms with Crippen LogP contribution in [0.5, 0.6) is 0 Å². The molecule has 0 aromatic heterocycles. The summed E-state index contributed by atoms with van der Waals surface area (Å²) in [4.78, 5) is 3.79. The maximum Gasteiger partial charge on any atom is 0.0742 e. The van der Waals surface area contributed by atoms with E-state index in [1.807, 2.05) is 0 Å². The molecule has 0 heterocycles. The van der Waals surface area contributed by atoms with Crippen molar-refractivity contribution in [3.63, 3.8) is 0 Å². The van der Waals surface area contributed by atoms with Crippen molar-refractivity contribution in [3.8, 4) is 0 Å². The quantitative estimate of drug-likeness (QED) is 0.571. The van der Waals surface area contributed by atoms with Gasteiger partial charge in [-0.25, -0.2) is 0 Å². The molecule has 0 atom stereocenters. The summed E-state index contributed by atoms with van der Waals surface area (Å²) in [5, 5.41) is 0. The molecule has 0 fully saturated rings. The Morgan fingerprint density at radius 2 is 1.26 bits per heavy atom. The number of hydrogen-bond acceptors (Lipinski definition) is 2. The minimum Gasteiger partial charge on any atom is -0.411 e. The monoisotopic (exact) mass is 306 g/mol. The molecule has 0 aliphatic rings. The second kappa shape index (κ2) is 13.1. The Bertz CT molecular complexity index is 199. The molecule has 0 aromatic rings. The smallest absolute Gasteiger partial charge is 0.0742 e. The molecule has 0 aliphatic carbocycles. The van der Waals surface area contributed by atoms with Crippen LogP contribution in [0.2, 0.25) is 0 Å². The van der Waals surface area contributed by atoms with E-state index in [0.717, 1.165) is 13.1 Å². The van der Waals surface area contributed by atoms with Crippen molar-refractivity contribution >= 4 is 29.2 Å². The standard InChI is InChI=1S/C9H19NS2.C6H15N/c1-7(2)5-10(9(11)12)6-8(3)4;1-4-7(5-2)6-3/h7-8H,5-6H2,1-4H3,(H,11,12);4-6H2,1-3H3. The average Bonchev–Trinajstić information content (AvgIpc) is 2.30. The molecule has 2 nitrogen and oxygen atoms in total. The Kier molecular flexibility index (Phi) is 14.7. The van der Waals surface area contributed by atoms with Crippen molar-refractivity contribution in [1.29, 1.82) is 0 Å². The van der Waals surface area contributed by atoms with Crippen molar-refractivity contribution in [3.05, 3.63) is 0 Å². The van der Waals surface area contributed by atoms with Gasteiger partial charge in [-0.1, -0.05) is 32.0 Å². The molecular formula is C15H34N2S2. The van der Waals surface area contributed by atoms with Crippen LogP contribution >= 0.6 is 12.2 Å². The van der Waals surface area contributed by atoms with E-state index in [0.29, 0.717) is 16.2 Å². The lowest BCUT2D eigenvalue weighted by molar-refractivity contribution is -0.894. The van der Waals surface area contributed by atoms with Gasteiger partial charge >= 0.3 is 0 Å². The molecule has 0 saturated heterocycles. The number of nitrogens with one attached hydrogen (secondary N) is 1. The fourth-order valence-corrected chi connectivity index (χ4v) is 2.15. The van der Waals surface area contributed by atoms with E-state index in [1.54, 1.807) is 4.90 Å². The summed E-state index contributed by atoms with van der Waals surface area (Å²) in [5.41, 5.74) is 0. The first-order valence-corrected chi connectivity index (χ1v) is 8.39. The maximum atomic E-state index is 4.99. The Hall–Kier alpha value is 0.0700. The van der Waals surface area contributed by atoms with Crippen LogP contribution < -0.4 is 4.90 Å². The van der Waals surface area contributed by atoms with Crippen LogP contribution in [0.1, 0.15) is 48.5 Å². The largest absolute Gasteiger partial charge is 0.411 e. The van der Waals surface area contributed by atoms with Crippen molar-refractivity contribution in [2.75, 3.05) is 32.7 Å². The van der Waals surface area contributed by atoms with E-state index >= 15 is 0 Å². The minimum absolute atomic E-state index is 0.609. The van der Waals surface area contributed by atoms with Gasteiger partial charge in [0.15, 0.2) is 0 Å². The Balaban J connectivity index is 0. The molecule has 0 amide bonds. The topological polar surface area (TPSA) is 7.68 Å². The molecule has 0 saturated carbocycles. The van der Waals surface area contributed by atoms with Gasteiger partial charge in [0, 0.05) is 13.1 Å². The Morgan fingerprint density at radius 1 is 0.947 bits per heavy atom. The molecule has 4 heteroatoms. The lowest BCUT2D eigenvalue weighted by Crippen LogP contribution is -3.11. The molecule has 0 rings (SSSR count). The summed E-state index contributed by atoms with van der Waals surface area (Å²) in [6, 6.07) is 0. The van der Waals surface area contributed by atoms with Gasteiger partial charge in [-0.2, -0.15) is 0 Å². The fraction of sp³-hybridized carbons (Fsp3) is 0.933. The van der Waals surface area contributed by atoms with Crippen LogP contribution in [-0.4, -0.2) is 41.9 Å². The molecular weight excluding hydrogens is 272 g/mol. The van der Waals surface area contributed by atoms with Crippen molar-refractivity contribution in [2.45, 2.75) is 48.5 Å². The SMILES string of the molecule is CC(C)CN(CC(C)C)C(=S)[S-].CC[NH+](CC)CC. The molecule has 0 aliphatic heterocycles. The second-order valence-electron chi connectivity index (χ2n) is 5.77. The zero-order valence-corrected chi connectivity index (χ0v) is 15.6. The Labute approximate surface area is 132 Å². The van der Waals surface area contributed by atoms with Crippen LogP contribution in [0.4, 0.5) is 0 Å². The third-order valence-corrected chi connectivity index (χ3v) is 3.45. The Morgan fingerprint density at radius 3 is 1.37 bits per heavy atom. The van der Waals surface area contributed by atoms with Crippen molar-refractivity contribution in [2.24, 2.45) is 11.8 Å². The molecule has 0 aromatic carbocycles. The van der Waals surface area contributed by atoms with Crippen LogP contribution in [0.15, 0.2) is 0 Å². The zero-order chi connectivity index (χ0) is 15.4. The first kappa shape index (κ1) is 21.4. The van der Waals surface area contributed by atoms with E-state index in [2.05, 4.69) is 53.4 Å². The second-order valence-corrected chi connectivity index (χ2v) is 6.80. The average molecular weight is 307 g/mol. The van der Waals surface area contributed by atoms with Gasteiger partial charge in [-0.05, 0) is 32.6 Å². The molecule has 0 unspecified atom stereocenters. The summed E-state index contributed by atoms with van der Waals surface area (Å²) in [6.07, 6.45) is 0. The lowest BCUT2D eigenvalue weighted by Gasteiger charge is -2.31. The summed E-state index contributed by atoms with van der Waals surface area (Å²) >= 11 is 9.99. The van der Waals surface area contributed by atoms with Gasteiger partial charge in [0.1, 0.15) is 0 Å². The predicted molar refractivity (Wildman–Crippen MR) is 93.8 cm³/mol. The van der Waals surface area contributed by atoms with Crippen molar-refractivity contribution in [1.82, 2.24) is 4.90 Å². The first-order valence-electron chi connectivity index (χ1n) is 7.57. The van der Waals surface area contributed by atoms with Crippen LogP contribution in [0.3, 0.4) is 0 Å².